The van der Waals surface area contributed by atoms with Gasteiger partial charge < -0.3 is 56.5 Å². The van der Waals surface area contributed by atoms with Gasteiger partial charge in [0.15, 0.2) is 5.82 Å². The Morgan fingerprint density at radius 3 is 1.61 bits per heavy atom. The zero-order valence-corrected chi connectivity index (χ0v) is 46.9. The second-order valence-electron chi connectivity index (χ2n) is 19.3. The maximum atomic E-state index is 12.5. The Hall–Kier alpha value is -5.75. The van der Waals surface area contributed by atoms with Gasteiger partial charge in [0.25, 0.3) is 0 Å². The van der Waals surface area contributed by atoms with E-state index in [1.807, 2.05) is 0 Å². The number of ether oxygens (including phenoxy) is 2. The highest BCUT2D eigenvalue weighted by atomic mass is 32.2. The van der Waals surface area contributed by atoms with E-state index >= 15 is 0 Å². The van der Waals surface area contributed by atoms with Crippen LogP contribution >= 0.6 is 0 Å². The molecule has 0 aliphatic carbocycles. The summed E-state index contributed by atoms with van der Waals surface area (Å²) in [7, 11) is -2.28. The first-order valence-corrected chi connectivity index (χ1v) is 29.2. The highest BCUT2D eigenvalue weighted by molar-refractivity contribution is 7.90. The summed E-state index contributed by atoms with van der Waals surface area (Å²) in [6.45, 7) is 1.17. The van der Waals surface area contributed by atoms with E-state index < -0.39 is 101 Å². The van der Waals surface area contributed by atoms with Crippen molar-refractivity contribution in [1.29, 1.82) is 0 Å². The summed E-state index contributed by atoms with van der Waals surface area (Å²) in [6, 6.07) is -4.53. The third kappa shape index (κ3) is 39.3. The predicted molar refractivity (Wildman–Crippen MR) is 286 cm³/mol. The summed E-state index contributed by atoms with van der Waals surface area (Å²) >= 11 is 0. The van der Waals surface area contributed by atoms with Crippen molar-refractivity contribution in [1.82, 2.24) is 57.2 Å². The van der Waals surface area contributed by atoms with Gasteiger partial charge >= 0.3 is 17.9 Å². The molecule has 29 heteroatoms. The lowest BCUT2D eigenvalue weighted by atomic mass is 10.0. The Kier molecular flexibility index (Phi) is 39.7. The zero-order valence-electron chi connectivity index (χ0n) is 46.1. The Labute approximate surface area is 463 Å². The quantitative estimate of drug-likeness (QED) is 0.0318. The molecule has 0 aromatic carbocycles. The number of tetrazole rings is 1. The van der Waals surface area contributed by atoms with Crippen molar-refractivity contribution in [3.8, 4) is 0 Å². The molecule has 12 N–H and O–H groups in total. The number of aryl methyl sites for hydroxylation is 1. The van der Waals surface area contributed by atoms with E-state index in [9.17, 15) is 72.0 Å². The lowest BCUT2D eigenvalue weighted by molar-refractivity contribution is -0.144. The minimum atomic E-state index is -3.97. The molecule has 0 saturated carbocycles. The monoisotopic (exact) mass is 1150 g/mol. The number of Topliss-reactive ketones (excluding diaryl/α,β-unsaturated/α-hetero) is 1. The molecule has 5 amide bonds. The predicted octanol–water partition coefficient (Wildman–Crippen LogP) is 0.883. The third-order valence-electron chi connectivity index (χ3n) is 12.5. The number of aliphatic carboxylic acids is 3. The number of likely N-dealkylation sites (N-methyl/N-ethyl adjacent to an activating group) is 1. The van der Waals surface area contributed by atoms with Crippen LogP contribution in [-0.2, 0) is 69.1 Å². The number of carbonyl (C=O) groups is 9. The molecular weight excluding hydrogens is 1060 g/mol. The number of ketones is 1. The van der Waals surface area contributed by atoms with E-state index in [2.05, 4.69) is 57.2 Å². The topological polar surface area (TPSA) is 426 Å². The molecule has 5 atom stereocenters. The number of unbranched alkanes of at least 4 members (excludes halogenated alkanes) is 13. The summed E-state index contributed by atoms with van der Waals surface area (Å²) in [5.41, 5.74) is 0. The fourth-order valence-corrected chi connectivity index (χ4v) is 9.16. The van der Waals surface area contributed by atoms with Gasteiger partial charge in [-0.15, -0.1) is 10.2 Å². The van der Waals surface area contributed by atoms with Crippen molar-refractivity contribution in [2.75, 3.05) is 52.3 Å². The number of carboxylic acid groups (broad SMARTS) is 3. The van der Waals surface area contributed by atoms with Crippen LogP contribution in [0.15, 0.2) is 0 Å². The number of carboxylic acids is 3. The molecule has 0 spiro atoms. The minimum absolute atomic E-state index is 0.0102. The number of aliphatic hydroxyl groups is 1. The molecule has 1 unspecified atom stereocenters. The van der Waals surface area contributed by atoms with E-state index in [1.54, 1.807) is 7.05 Å². The molecule has 0 radical (unpaired) electrons. The fourth-order valence-electron chi connectivity index (χ4n) is 8.06. The average Bonchev–Trinajstić information content (AvgIpc) is 3.91. The van der Waals surface area contributed by atoms with Gasteiger partial charge in [0.1, 0.15) is 36.7 Å². The molecule has 28 nitrogen and oxygen atoms in total. The van der Waals surface area contributed by atoms with Gasteiger partial charge in [0.05, 0.1) is 31.6 Å². The summed E-state index contributed by atoms with van der Waals surface area (Å²) < 4.78 is 37.5. The number of rotatable bonds is 52. The van der Waals surface area contributed by atoms with Crippen molar-refractivity contribution >= 4 is 63.3 Å². The summed E-state index contributed by atoms with van der Waals surface area (Å²) in [5, 5.41) is 68.0. The number of aromatic amines is 1. The van der Waals surface area contributed by atoms with E-state index in [0.717, 1.165) is 50.8 Å². The number of amides is 5. The van der Waals surface area contributed by atoms with Crippen LogP contribution in [0, 0.1) is 0 Å². The fraction of sp³-hybridized carbons (Fsp3) is 0.800. The van der Waals surface area contributed by atoms with Crippen molar-refractivity contribution < 1.29 is 81.5 Å². The summed E-state index contributed by atoms with van der Waals surface area (Å²) in [5.74, 6) is -7.03. The Bertz CT molecular complexity index is 2050. The third-order valence-corrected chi connectivity index (χ3v) is 13.9. The largest absolute Gasteiger partial charge is 0.480 e. The molecule has 79 heavy (non-hydrogen) atoms. The molecule has 0 fully saturated rings. The van der Waals surface area contributed by atoms with Gasteiger partial charge in [-0.1, -0.05) is 75.8 Å². The van der Waals surface area contributed by atoms with Crippen molar-refractivity contribution in [2.24, 2.45) is 0 Å². The summed E-state index contributed by atoms with van der Waals surface area (Å²) in [6.07, 6.45) is 13.5. The minimum Gasteiger partial charge on any atom is -0.480 e. The number of carbonyl (C=O) groups excluding carboxylic acids is 6. The molecule has 1 aromatic heterocycles. The molecule has 0 aliphatic heterocycles. The van der Waals surface area contributed by atoms with Crippen LogP contribution in [0.4, 0.5) is 0 Å². The molecular formula is C50H89N11O17S. The number of nitrogens with zero attached hydrogens (tertiary/aromatic N) is 3. The Morgan fingerprint density at radius 2 is 1.06 bits per heavy atom. The molecule has 0 bridgehead atoms. The first kappa shape index (κ1) is 71.3. The van der Waals surface area contributed by atoms with Gasteiger partial charge in [-0.2, -0.15) is 5.21 Å². The van der Waals surface area contributed by atoms with Crippen LogP contribution in [-0.4, -0.2) is 185 Å². The van der Waals surface area contributed by atoms with Crippen LogP contribution in [0.25, 0.3) is 0 Å². The van der Waals surface area contributed by atoms with Gasteiger partial charge in [-0.05, 0) is 78.2 Å². The second-order valence-corrected chi connectivity index (χ2v) is 21.2. The Balaban J connectivity index is 2.16. The number of aromatic nitrogens is 4. The SMILES string of the molecule is CN[C@@H](CCCCNC(=O)CC[C@H](NC(=O)CC[C@H](NC(=O)COCCOCCNC(=O)CC[C@H](NC(O)CCCS(=O)(=O)NC(=O)CCCCCCCCCCCCCCCc1nn[nH]n1)C(=O)O)C(=O)O)C(=O)O)C(C)=O. The highest BCUT2D eigenvalue weighted by Gasteiger charge is 2.26. The van der Waals surface area contributed by atoms with Gasteiger partial charge in [0.2, 0.25) is 39.6 Å². The van der Waals surface area contributed by atoms with E-state index in [-0.39, 0.29) is 89.6 Å². The van der Waals surface area contributed by atoms with Gasteiger partial charge in [-0.3, -0.25) is 43.6 Å². The molecule has 1 rings (SSSR count). The average molecular weight is 1150 g/mol. The smallest absolute Gasteiger partial charge is 0.326 e. The maximum absolute atomic E-state index is 12.5. The van der Waals surface area contributed by atoms with Crippen LogP contribution < -0.4 is 36.6 Å². The van der Waals surface area contributed by atoms with Gasteiger partial charge in [-0.25, -0.2) is 18.0 Å². The lowest BCUT2D eigenvalue weighted by Gasteiger charge is -2.19. The normalized spacial score (nSPS) is 13.3. The molecule has 0 aliphatic rings. The van der Waals surface area contributed by atoms with E-state index in [4.69, 9.17) is 9.47 Å². The number of sulfonamides is 1. The zero-order chi connectivity index (χ0) is 58.7. The highest BCUT2D eigenvalue weighted by Crippen LogP contribution is 2.14. The number of hydrogen-bond donors (Lipinski definition) is 12. The van der Waals surface area contributed by atoms with Crippen molar-refractivity contribution in [3.05, 3.63) is 5.82 Å². The van der Waals surface area contributed by atoms with Gasteiger partial charge in [0, 0.05) is 45.2 Å². The number of hydrogen-bond acceptors (Lipinski definition) is 19. The summed E-state index contributed by atoms with van der Waals surface area (Å²) in [4.78, 5) is 108. The number of H-pyrrole nitrogens is 1. The van der Waals surface area contributed by atoms with Crippen LogP contribution in [0.3, 0.4) is 0 Å². The van der Waals surface area contributed by atoms with E-state index in [0.29, 0.717) is 32.2 Å². The van der Waals surface area contributed by atoms with Crippen LogP contribution in [0.2, 0.25) is 0 Å². The standard InChI is InChI=1S/C50H89N11O17S/c1-36(62)37(51-2)19-16-17-29-52-42(63)26-23-39(49(71)72)55-45(66)28-25-40(50(73)74)56-47(68)35-78-33-32-77-31-30-53-43(64)27-24-38(48(69)70)54-44(65)22-18-34-79(75,76)59-46(67)21-15-13-11-9-7-5-3-4-6-8-10-12-14-20-41-57-60-61-58-41/h37-40,44,51,54,65H,3-35H2,1-2H3,(H,52,63)(H,53,64)(H,55,66)(H,56,68)(H,59,67)(H,69,70)(H,71,72)(H,73,74)(H,57,58,60,61)/t37-,38-,39-,40-,44?/m0/s1. The molecule has 1 heterocycles. The molecule has 1 aromatic rings. The number of nitrogens with one attached hydrogen (secondary N) is 8. The molecule has 0 saturated heterocycles. The van der Waals surface area contributed by atoms with Crippen LogP contribution in [0.1, 0.15) is 173 Å². The maximum Gasteiger partial charge on any atom is 0.326 e. The first-order valence-electron chi connectivity index (χ1n) is 27.6. The Morgan fingerprint density at radius 1 is 0.544 bits per heavy atom. The second kappa shape index (κ2) is 44.0. The van der Waals surface area contributed by atoms with E-state index in [1.165, 1.54) is 45.4 Å². The number of aliphatic hydroxyl groups excluding tert-OH is 1. The van der Waals surface area contributed by atoms with Crippen LogP contribution in [0.5, 0.6) is 0 Å². The lowest BCUT2D eigenvalue weighted by Crippen LogP contribution is -2.45. The molecule has 452 valence electrons. The first-order chi connectivity index (χ1) is 37.7. The van der Waals surface area contributed by atoms with Crippen molar-refractivity contribution in [2.45, 2.75) is 204 Å². The van der Waals surface area contributed by atoms with Crippen molar-refractivity contribution in [3.63, 3.8) is 0 Å².